The molecule has 0 spiro atoms. The molecule has 0 heterocycles. The Labute approximate surface area is 104 Å². The van der Waals surface area contributed by atoms with Crippen molar-refractivity contribution < 1.29 is 19.1 Å². The van der Waals surface area contributed by atoms with Crippen LogP contribution in [0.1, 0.15) is 30.1 Å². The van der Waals surface area contributed by atoms with Gasteiger partial charge in [0.2, 0.25) is 0 Å². The predicted molar refractivity (Wildman–Crippen MR) is 64.9 cm³/mol. The van der Waals surface area contributed by atoms with Crippen LogP contribution in [0.4, 0.5) is 10.1 Å². The van der Waals surface area contributed by atoms with Gasteiger partial charge in [0, 0.05) is 18.2 Å². The van der Waals surface area contributed by atoms with Crippen molar-refractivity contribution in [3.63, 3.8) is 0 Å². The Morgan fingerprint density at radius 2 is 2.17 bits per heavy atom. The second-order valence-electron chi connectivity index (χ2n) is 4.04. The summed E-state index contributed by atoms with van der Waals surface area (Å²) in [5.41, 5.74) is 5.37. The van der Waals surface area contributed by atoms with E-state index in [9.17, 15) is 14.0 Å². The topological polar surface area (TPSA) is 92.4 Å². The molecule has 0 aromatic heterocycles. The molecule has 4 N–H and O–H groups in total. The molecule has 0 saturated heterocycles. The predicted octanol–water partition coefficient (Wildman–Crippen LogP) is 1.59. The smallest absolute Gasteiger partial charge is 0.303 e. The second-order valence-corrected chi connectivity index (χ2v) is 4.04. The van der Waals surface area contributed by atoms with Crippen LogP contribution < -0.4 is 11.1 Å². The van der Waals surface area contributed by atoms with Gasteiger partial charge in [0.1, 0.15) is 5.82 Å². The van der Waals surface area contributed by atoms with Crippen molar-refractivity contribution in [3.05, 3.63) is 29.6 Å². The summed E-state index contributed by atoms with van der Waals surface area (Å²) >= 11 is 0. The highest BCUT2D eigenvalue weighted by atomic mass is 19.1. The Balaban J connectivity index is 2.70. The normalized spacial score (nSPS) is 11.9. The molecule has 0 aliphatic rings. The molecule has 1 aromatic rings. The van der Waals surface area contributed by atoms with Crippen molar-refractivity contribution in [1.82, 2.24) is 0 Å². The van der Waals surface area contributed by atoms with Crippen LogP contribution in [-0.2, 0) is 4.79 Å². The minimum absolute atomic E-state index is 0.0397. The number of primary amides is 1. The van der Waals surface area contributed by atoms with E-state index in [1.165, 1.54) is 12.1 Å². The molecule has 0 bridgehead atoms. The van der Waals surface area contributed by atoms with Gasteiger partial charge in [-0.1, -0.05) is 0 Å². The van der Waals surface area contributed by atoms with Crippen LogP contribution in [0, 0.1) is 5.82 Å². The summed E-state index contributed by atoms with van der Waals surface area (Å²) in [6, 6.07) is 3.83. The van der Waals surface area contributed by atoms with Gasteiger partial charge in [-0.15, -0.1) is 0 Å². The average Bonchev–Trinajstić information content (AvgIpc) is 2.28. The lowest BCUT2D eigenvalue weighted by molar-refractivity contribution is -0.137. The third kappa shape index (κ3) is 4.04. The van der Waals surface area contributed by atoms with E-state index in [0.29, 0.717) is 12.1 Å². The summed E-state index contributed by atoms with van der Waals surface area (Å²) in [4.78, 5) is 21.4. The molecule has 5 nitrogen and oxygen atoms in total. The molecule has 1 atom stereocenters. The lowest BCUT2D eigenvalue weighted by atomic mass is 10.1. The van der Waals surface area contributed by atoms with Crippen molar-refractivity contribution in [2.24, 2.45) is 5.73 Å². The SMILES string of the molecule is CC(CCC(=O)O)Nc1ccc(F)c(C(N)=O)c1. The van der Waals surface area contributed by atoms with E-state index in [-0.39, 0.29) is 18.0 Å². The summed E-state index contributed by atoms with van der Waals surface area (Å²) in [6.45, 7) is 1.80. The fourth-order valence-corrected chi connectivity index (χ4v) is 1.50. The number of carboxylic acids is 1. The number of aliphatic carboxylic acids is 1. The molecule has 1 aromatic carbocycles. The average molecular weight is 254 g/mol. The lowest BCUT2D eigenvalue weighted by Gasteiger charge is -2.14. The first kappa shape index (κ1) is 14.0. The lowest BCUT2D eigenvalue weighted by Crippen LogP contribution is -2.18. The fourth-order valence-electron chi connectivity index (χ4n) is 1.50. The number of nitrogens with one attached hydrogen (secondary N) is 1. The fraction of sp³-hybridized carbons (Fsp3) is 0.333. The van der Waals surface area contributed by atoms with Crippen molar-refractivity contribution in [1.29, 1.82) is 0 Å². The molecule has 6 heteroatoms. The number of nitrogens with two attached hydrogens (primary N) is 1. The van der Waals surface area contributed by atoms with E-state index in [1.807, 2.05) is 0 Å². The monoisotopic (exact) mass is 254 g/mol. The molecular weight excluding hydrogens is 239 g/mol. The van der Waals surface area contributed by atoms with Crippen molar-refractivity contribution in [2.45, 2.75) is 25.8 Å². The first-order valence-electron chi connectivity index (χ1n) is 5.48. The van der Waals surface area contributed by atoms with E-state index in [4.69, 9.17) is 10.8 Å². The van der Waals surface area contributed by atoms with Gasteiger partial charge in [-0.2, -0.15) is 0 Å². The van der Waals surface area contributed by atoms with E-state index in [2.05, 4.69) is 5.32 Å². The minimum Gasteiger partial charge on any atom is -0.481 e. The molecule has 0 aliphatic carbocycles. The van der Waals surface area contributed by atoms with Crippen LogP contribution in [-0.4, -0.2) is 23.0 Å². The molecule has 18 heavy (non-hydrogen) atoms. The van der Waals surface area contributed by atoms with Crippen LogP contribution in [0.3, 0.4) is 0 Å². The summed E-state index contributed by atoms with van der Waals surface area (Å²) in [5, 5.41) is 11.5. The van der Waals surface area contributed by atoms with Gasteiger partial charge in [-0.3, -0.25) is 9.59 Å². The number of halogens is 1. The van der Waals surface area contributed by atoms with Gasteiger partial charge in [0.25, 0.3) is 5.91 Å². The van der Waals surface area contributed by atoms with E-state index < -0.39 is 17.7 Å². The highest BCUT2D eigenvalue weighted by Crippen LogP contribution is 2.16. The first-order valence-corrected chi connectivity index (χ1v) is 5.48. The van der Waals surface area contributed by atoms with Crippen LogP contribution in [0.15, 0.2) is 18.2 Å². The molecule has 1 rings (SSSR count). The van der Waals surface area contributed by atoms with Crippen LogP contribution in [0.2, 0.25) is 0 Å². The maximum Gasteiger partial charge on any atom is 0.303 e. The highest BCUT2D eigenvalue weighted by molar-refractivity contribution is 5.94. The van der Waals surface area contributed by atoms with Gasteiger partial charge in [-0.05, 0) is 31.5 Å². The van der Waals surface area contributed by atoms with E-state index in [1.54, 1.807) is 6.92 Å². The van der Waals surface area contributed by atoms with Gasteiger partial charge < -0.3 is 16.2 Å². The van der Waals surface area contributed by atoms with Crippen LogP contribution in [0.25, 0.3) is 0 Å². The quantitative estimate of drug-likeness (QED) is 0.718. The van der Waals surface area contributed by atoms with Gasteiger partial charge >= 0.3 is 5.97 Å². The standard InChI is InChI=1S/C12H15FN2O3/c1-7(2-5-11(16)17)15-8-3-4-10(13)9(6-8)12(14)18/h3-4,6-7,15H,2,5H2,1H3,(H2,14,18)(H,16,17). The Kier molecular flexibility index (Phi) is 4.65. The molecule has 0 fully saturated rings. The second kappa shape index (κ2) is 6.00. The number of hydrogen-bond acceptors (Lipinski definition) is 3. The zero-order valence-electron chi connectivity index (χ0n) is 9.94. The van der Waals surface area contributed by atoms with E-state index in [0.717, 1.165) is 6.07 Å². The number of carboxylic acid groups (broad SMARTS) is 1. The Morgan fingerprint density at radius 3 is 2.72 bits per heavy atom. The summed E-state index contributed by atoms with van der Waals surface area (Å²) < 4.78 is 13.2. The third-order valence-corrected chi connectivity index (χ3v) is 2.44. The number of rotatable bonds is 6. The Morgan fingerprint density at radius 1 is 1.50 bits per heavy atom. The first-order chi connectivity index (χ1) is 8.40. The van der Waals surface area contributed by atoms with E-state index >= 15 is 0 Å². The Bertz CT molecular complexity index is 463. The number of amides is 1. The number of benzene rings is 1. The zero-order chi connectivity index (χ0) is 13.7. The summed E-state index contributed by atoms with van der Waals surface area (Å²) in [6.07, 6.45) is 0.469. The maximum atomic E-state index is 13.2. The van der Waals surface area contributed by atoms with Crippen molar-refractivity contribution >= 4 is 17.6 Å². The number of carbonyl (C=O) groups excluding carboxylic acids is 1. The zero-order valence-corrected chi connectivity index (χ0v) is 9.94. The number of anilines is 1. The Hall–Kier alpha value is -2.11. The molecular formula is C12H15FN2O3. The van der Waals surface area contributed by atoms with Crippen molar-refractivity contribution in [2.75, 3.05) is 5.32 Å². The van der Waals surface area contributed by atoms with Crippen LogP contribution in [0.5, 0.6) is 0 Å². The molecule has 0 saturated carbocycles. The van der Waals surface area contributed by atoms with Gasteiger partial charge in [0.05, 0.1) is 5.56 Å². The van der Waals surface area contributed by atoms with Crippen molar-refractivity contribution in [3.8, 4) is 0 Å². The highest BCUT2D eigenvalue weighted by Gasteiger charge is 2.10. The van der Waals surface area contributed by atoms with Gasteiger partial charge in [-0.25, -0.2) is 4.39 Å². The molecule has 0 aliphatic heterocycles. The number of hydrogen-bond donors (Lipinski definition) is 3. The number of carbonyl (C=O) groups is 2. The molecule has 0 radical (unpaired) electrons. The largest absolute Gasteiger partial charge is 0.481 e. The summed E-state index contributed by atoms with van der Waals surface area (Å²) in [7, 11) is 0. The van der Waals surface area contributed by atoms with Gasteiger partial charge in [0.15, 0.2) is 0 Å². The molecule has 1 amide bonds. The summed E-state index contributed by atoms with van der Waals surface area (Å²) in [5.74, 6) is -2.39. The molecule has 98 valence electrons. The van der Waals surface area contributed by atoms with Crippen LogP contribution >= 0.6 is 0 Å². The maximum absolute atomic E-state index is 13.2. The molecule has 1 unspecified atom stereocenters. The minimum atomic E-state index is -0.874. The third-order valence-electron chi connectivity index (χ3n) is 2.44.